The maximum absolute atomic E-state index is 11.0. The van der Waals surface area contributed by atoms with Gasteiger partial charge in [-0.2, -0.15) is 0 Å². The van der Waals surface area contributed by atoms with Gasteiger partial charge in [0.1, 0.15) is 5.01 Å². The quantitative estimate of drug-likeness (QED) is 0.892. The Kier molecular flexibility index (Phi) is 5.17. The van der Waals surface area contributed by atoms with Gasteiger partial charge in [-0.3, -0.25) is 4.90 Å². The zero-order valence-corrected chi connectivity index (χ0v) is 15.5. The molecule has 2 aromatic rings. The van der Waals surface area contributed by atoms with Crippen LogP contribution in [0.5, 0.6) is 0 Å². The van der Waals surface area contributed by atoms with Crippen molar-refractivity contribution >= 4 is 11.3 Å². The molecule has 0 bridgehead atoms. The molecule has 5 heteroatoms. The number of hydrogen-bond acceptors (Lipinski definition) is 5. The number of rotatable bonds is 5. The molecular weight excluding hydrogens is 330 g/mol. The van der Waals surface area contributed by atoms with Gasteiger partial charge in [0, 0.05) is 30.6 Å². The number of likely N-dealkylation sites (tertiary alicyclic amines) is 2. The third-order valence-electron chi connectivity index (χ3n) is 5.36. The largest absolute Gasteiger partial charge is 0.387 e. The fourth-order valence-corrected chi connectivity index (χ4v) is 4.90. The lowest BCUT2D eigenvalue weighted by molar-refractivity contribution is 0.00635. The third-order valence-corrected chi connectivity index (χ3v) is 6.19. The van der Waals surface area contributed by atoms with Crippen LogP contribution < -0.4 is 0 Å². The molecule has 1 atom stereocenters. The molecular formula is C20H27N3OS. The SMILES string of the molecule is O[C@]1(CN2CCCCC2)CCN(Cc2nc(-c3ccccc3)cs2)C1. The Bertz CT molecular complexity index is 683. The molecule has 1 N–H and O–H groups in total. The average Bonchev–Trinajstić information content (AvgIpc) is 3.24. The highest BCUT2D eigenvalue weighted by Crippen LogP contribution is 2.27. The Hall–Kier alpha value is -1.27. The summed E-state index contributed by atoms with van der Waals surface area (Å²) in [5.41, 5.74) is 1.69. The van der Waals surface area contributed by atoms with Crippen molar-refractivity contribution in [3.05, 3.63) is 40.7 Å². The molecule has 4 nitrogen and oxygen atoms in total. The summed E-state index contributed by atoms with van der Waals surface area (Å²) in [4.78, 5) is 9.60. The maximum atomic E-state index is 11.0. The van der Waals surface area contributed by atoms with Crippen molar-refractivity contribution in [2.45, 2.75) is 37.8 Å². The van der Waals surface area contributed by atoms with Crippen LogP contribution in [0.4, 0.5) is 0 Å². The molecule has 0 radical (unpaired) electrons. The van der Waals surface area contributed by atoms with E-state index in [-0.39, 0.29) is 0 Å². The van der Waals surface area contributed by atoms with Gasteiger partial charge >= 0.3 is 0 Å². The molecule has 2 aliphatic heterocycles. The lowest BCUT2D eigenvalue weighted by atomic mass is 10.0. The van der Waals surface area contributed by atoms with E-state index in [0.717, 1.165) is 56.4 Å². The molecule has 2 saturated heterocycles. The van der Waals surface area contributed by atoms with E-state index in [0.29, 0.717) is 0 Å². The van der Waals surface area contributed by atoms with Crippen molar-refractivity contribution in [2.75, 3.05) is 32.7 Å². The number of β-amino-alcohol motifs (C(OH)–C–C–N with tert-alkyl or cyclic N) is 1. The van der Waals surface area contributed by atoms with Crippen LogP contribution in [0.3, 0.4) is 0 Å². The van der Waals surface area contributed by atoms with Gasteiger partial charge in [-0.05, 0) is 32.4 Å². The zero-order valence-electron chi connectivity index (χ0n) is 14.7. The van der Waals surface area contributed by atoms with E-state index in [1.54, 1.807) is 11.3 Å². The zero-order chi connectivity index (χ0) is 17.1. The number of aliphatic hydroxyl groups is 1. The third kappa shape index (κ3) is 4.29. The van der Waals surface area contributed by atoms with Crippen molar-refractivity contribution in [1.82, 2.24) is 14.8 Å². The summed E-state index contributed by atoms with van der Waals surface area (Å²) >= 11 is 1.72. The van der Waals surface area contributed by atoms with E-state index >= 15 is 0 Å². The second kappa shape index (κ2) is 7.54. The molecule has 3 heterocycles. The van der Waals surface area contributed by atoms with Crippen LogP contribution >= 0.6 is 11.3 Å². The monoisotopic (exact) mass is 357 g/mol. The first-order chi connectivity index (χ1) is 12.2. The summed E-state index contributed by atoms with van der Waals surface area (Å²) in [5.74, 6) is 0. The van der Waals surface area contributed by atoms with Gasteiger partial charge in [0.25, 0.3) is 0 Å². The Morgan fingerprint density at radius 1 is 1.04 bits per heavy atom. The van der Waals surface area contributed by atoms with Gasteiger partial charge in [-0.25, -0.2) is 4.98 Å². The predicted octanol–water partition coefficient (Wildman–Crippen LogP) is 3.23. The molecule has 1 aromatic carbocycles. The van der Waals surface area contributed by atoms with Crippen molar-refractivity contribution in [1.29, 1.82) is 0 Å². The number of hydrogen-bond donors (Lipinski definition) is 1. The van der Waals surface area contributed by atoms with E-state index in [9.17, 15) is 5.11 Å². The smallest absolute Gasteiger partial charge is 0.107 e. The van der Waals surface area contributed by atoms with Crippen molar-refractivity contribution in [2.24, 2.45) is 0 Å². The number of piperidine rings is 1. The first kappa shape index (κ1) is 17.2. The predicted molar refractivity (Wildman–Crippen MR) is 103 cm³/mol. The summed E-state index contributed by atoms with van der Waals surface area (Å²) in [5, 5.41) is 14.3. The van der Waals surface area contributed by atoms with Crippen LogP contribution in [0.25, 0.3) is 11.3 Å². The normalized spacial score (nSPS) is 25.5. The van der Waals surface area contributed by atoms with Gasteiger partial charge in [0.05, 0.1) is 17.8 Å². The molecule has 2 aliphatic rings. The molecule has 1 aromatic heterocycles. The van der Waals surface area contributed by atoms with Crippen LogP contribution in [-0.4, -0.2) is 58.2 Å². The van der Waals surface area contributed by atoms with Crippen LogP contribution in [-0.2, 0) is 6.54 Å². The van der Waals surface area contributed by atoms with Gasteiger partial charge in [-0.15, -0.1) is 11.3 Å². The second-order valence-corrected chi connectivity index (χ2v) is 8.46. The minimum absolute atomic E-state index is 0.545. The van der Waals surface area contributed by atoms with Crippen molar-refractivity contribution < 1.29 is 5.11 Å². The van der Waals surface area contributed by atoms with Crippen LogP contribution in [0, 0.1) is 0 Å². The molecule has 0 unspecified atom stereocenters. The van der Waals surface area contributed by atoms with Crippen molar-refractivity contribution in [3.8, 4) is 11.3 Å². The molecule has 0 aliphatic carbocycles. The fourth-order valence-electron chi connectivity index (χ4n) is 4.05. The molecule has 4 rings (SSSR count). The summed E-state index contributed by atoms with van der Waals surface area (Å²) in [7, 11) is 0. The van der Waals surface area contributed by atoms with Crippen molar-refractivity contribution in [3.63, 3.8) is 0 Å². The highest BCUT2D eigenvalue weighted by Gasteiger charge is 2.37. The number of thiazole rings is 1. The Balaban J connectivity index is 1.34. The first-order valence-corrected chi connectivity index (χ1v) is 10.3. The summed E-state index contributed by atoms with van der Waals surface area (Å²) in [6.45, 7) is 5.70. The molecule has 2 fully saturated rings. The minimum Gasteiger partial charge on any atom is -0.387 e. The standard InChI is InChI=1S/C20H27N3OS/c24-20(15-22-10-5-2-6-11-22)9-12-23(16-20)13-19-21-18(14-25-19)17-7-3-1-4-8-17/h1,3-4,7-8,14,24H,2,5-6,9-13,15-16H2/t20-/m0/s1. The van der Waals surface area contributed by atoms with E-state index < -0.39 is 5.60 Å². The molecule has 0 amide bonds. The van der Waals surface area contributed by atoms with Gasteiger partial charge in [-0.1, -0.05) is 36.8 Å². The fraction of sp³-hybridized carbons (Fsp3) is 0.550. The number of aromatic nitrogens is 1. The number of benzene rings is 1. The summed E-state index contributed by atoms with van der Waals surface area (Å²) in [6.07, 6.45) is 4.78. The highest BCUT2D eigenvalue weighted by molar-refractivity contribution is 7.09. The molecule has 134 valence electrons. The van der Waals surface area contributed by atoms with E-state index in [2.05, 4.69) is 39.4 Å². The van der Waals surface area contributed by atoms with E-state index in [1.807, 2.05) is 6.07 Å². The molecule has 0 spiro atoms. The lowest BCUT2D eigenvalue weighted by Gasteiger charge is -2.33. The Morgan fingerprint density at radius 3 is 2.64 bits per heavy atom. The van der Waals surface area contributed by atoms with Gasteiger partial charge in [0.15, 0.2) is 0 Å². The highest BCUT2D eigenvalue weighted by atomic mass is 32.1. The lowest BCUT2D eigenvalue weighted by Crippen LogP contribution is -2.46. The Morgan fingerprint density at radius 2 is 1.84 bits per heavy atom. The topological polar surface area (TPSA) is 39.6 Å². The van der Waals surface area contributed by atoms with Crippen LogP contribution in [0.15, 0.2) is 35.7 Å². The minimum atomic E-state index is -0.545. The van der Waals surface area contributed by atoms with E-state index in [1.165, 1.54) is 24.8 Å². The second-order valence-electron chi connectivity index (χ2n) is 7.51. The Labute approximate surface area is 154 Å². The molecule has 25 heavy (non-hydrogen) atoms. The summed E-state index contributed by atoms with van der Waals surface area (Å²) < 4.78 is 0. The van der Waals surface area contributed by atoms with Gasteiger partial charge < -0.3 is 10.0 Å². The van der Waals surface area contributed by atoms with Crippen LogP contribution in [0.2, 0.25) is 0 Å². The number of nitrogens with zero attached hydrogens (tertiary/aromatic N) is 3. The van der Waals surface area contributed by atoms with E-state index in [4.69, 9.17) is 4.98 Å². The van der Waals surface area contributed by atoms with Gasteiger partial charge in [0.2, 0.25) is 0 Å². The average molecular weight is 358 g/mol. The maximum Gasteiger partial charge on any atom is 0.107 e. The molecule has 0 saturated carbocycles. The summed E-state index contributed by atoms with van der Waals surface area (Å²) in [6, 6.07) is 10.3. The first-order valence-electron chi connectivity index (χ1n) is 9.37. The van der Waals surface area contributed by atoms with Crippen LogP contribution in [0.1, 0.15) is 30.7 Å².